The molecule has 0 saturated carbocycles. The van der Waals surface area contributed by atoms with Crippen LogP contribution in [0.5, 0.6) is 0 Å². The average molecular weight is 376 g/mol. The number of hydrogen-bond acceptors (Lipinski definition) is 3. The Morgan fingerprint density at radius 1 is 1.15 bits per heavy atom. The van der Waals surface area contributed by atoms with Gasteiger partial charge in [-0.25, -0.2) is 0 Å². The van der Waals surface area contributed by atoms with Gasteiger partial charge in [0.25, 0.3) is 0 Å². The number of carbonyl (C=O) groups is 1. The molecule has 0 bridgehead atoms. The van der Waals surface area contributed by atoms with Gasteiger partial charge >= 0.3 is 0 Å². The normalized spacial score (nSPS) is 12.0. The van der Waals surface area contributed by atoms with Crippen LogP contribution in [0.4, 0.5) is 5.69 Å². The van der Waals surface area contributed by atoms with E-state index in [9.17, 15) is 4.79 Å². The molecule has 1 aromatic carbocycles. The van der Waals surface area contributed by atoms with E-state index in [1.165, 1.54) is 0 Å². The molecule has 0 fully saturated rings. The summed E-state index contributed by atoms with van der Waals surface area (Å²) in [5, 5.41) is 9.64. The molecule has 0 aliphatic rings. The van der Waals surface area contributed by atoms with Crippen LogP contribution in [0.3, 0.4) is 0 Å². The molecule has 1 amide bonds. The molecule has 0 atom stereocenters. The largest absolute Gasteiger partial charge is 0.355 e. The lowest BCUT2D eigenvalue weighted by Gasteiger charge is -2.30. The fourth-order valence-corrected chi connectivity index (χ4v) is 3.03. The molecule has 6 heteroatoms. The van der Waals surface area contributed by atoms with Crippen molar-refractivity contribution < 1.29 is 4.79 Å². The zero-order chi connectivity index (χ0) is 20.2. The highest BCUT2D eigenvalue weighted by Gasteiger charge is 2.12. The summed E-state index contributed by atoms with van der Waals surface area (Å²) in [6.45, 7) is 13.3. The molecule has 3 N–H and O–H groups in total. The number of benzene rings is 1. The van der Waals surface area contributed by atoms with E-state index in [4.69, 9.17) is 0 Å². The minimum atomic E-state index is 0.0555. The minimum Gasteiger partial charge on any atom is -0.355 e. The maximum Gasteiger partial charge on any atom is 0.224 e. The first-order valence-electron chi connectivity index (χ1n) is 9.96. The Labute approximate surface area is 164 Å². The zero-order valence-corrected chi connectivity index (χ0v) is 17.8. The molecular formula is C21H37N5O. The van der Waals surface area contributed by atoms with Crippen LogP contribution in [-0.2, 0) is 11.3 Å². The number of anilines is 1. The van der Waals surface area contributed by atoms with Gasteiger partial charge in [-0.05, 0) is 51.8 Å². The van der Waals surface area contributed by atoms with Gasteiger partial charge in [0.2, 0.25) is 5.91 Å². The van der Waals surface area contributed by atoms with E-state index in [1.54, 1.807) is 7.05 Å². The molecule has 6 nitrogen and oxygen atoms in total. The number of hydrogen-bond donors (Lipinski definition) is 3. The van der Waals surface area contributed by atoms with Crippen molar-refractivity contribution >= 4 is 17.6 Å². The van der Waals surface area contributed by atoms with Crippen molar-refractivity contribution in [3.05, 3.63) is 29.8 Å². The summed E-state index contributed by atoms with van der Waals surface area (Å²) in [4.78, 5) is 18.5. The summed E-state index contributed by atoms with van der Waals surface area (Å²) >= 11 is 0. The second-order valence-corrected chi connectivity index (χ2v) is 7.28. The molecular weight excluding hydrogens is 338 g/mol. The lowest BCUT2D eigenvalue weighted by Crippen LogP contribution is -2.45. The highest BCUT2D eigenvalue weighted by Crippen LogP contribution is 2.11. The van der Waals surface area contributed by atoms with Gasteiger partial charge in [0.1, 0.15) is 0 Å². The fraction of sp³-hybridized carbons (Fsp3) is 0.619. The van der Waals surface area contributed by atoms with E-state index in [0.717, 1.165) is 36.7 Å². The Bertz CT molecular complexity index is 590. The van der Waals surface area contributed by atoms with Crippen molar-refractivity contribution in [3.63, 3.8) is 0 Å². The van der Waals surface area contributed by atoms with E-state index in [-0.39, 0.29) is 5.91 Å². The number of aliphatic imine (C=N–C) groups is 1. The predicted octanol–water partition coefficient (Wildman–Crippen LogP) is 3.21. The first-order valence-corrected chi connectivity index (χ1v) is 9.96. The molecule has 0 unspecified atom stereocenters. The quantitative estimate of drug-likeness (QED) is 0.434. The molecule has 0 aliphatic heterocycles. The molecule has 0 radical (unpaired) electrons. The van der Waals surface area contributed by atoms with Crippen LogP contribution in [-0.4, -0.2) is 49.0 Å². The summed E-state index contributed by atoms with van der Waals surface area (Å²) < 4.78 is 0. The second-order valence-electron chi connectivity index (χ2n) is 7.28. The van der Waals surface area contributed by atoms with Crippen molar-refractivity contribution in [2.75, 3.05) is 25.5 Å². The van der Waals surface area contributed by atoms with Gasteiger partial charge in [-0.15, -0.1) is 0 Å². The maximum atomic E-state index is 11.7. The van der Waals surface area contributed by atoms with E-state index in [2.05, 4.69) is 53.5 Å². The van der Waals surface area contributed by atoms with Crippen molar-refractivity contribution in [3.8, 4) is 0 Å². The molecule has 0 heterocycles. The van der Waals surface area contributed by atoms with Crippen LogP contribution in [0.2, 0.25) is 0 Å². The number of guanidine groups is 1. The third-order valence-electron chi connectivity index (χ3n) is 4.36. The molecule has 0 aromatic heterocycles. The van der Waals surface area contributed by atoms with E-state index >= 15 is 0 Å². The van der Waals surface area contributed by atoms with Crippen molar-refractivity contribution in [1.29, 1.82) is 0 Å². The number of rotatable bonds is 10. The molecule has 0 aliphatic carbocycles. The molecule has 1 rings (SSSR count). The minimum absolute atomic E-state index is 0.0555. The third-order valence-corrected chi connectivity index (χ3v) is 4.36. The van der Waals surface area contributed by atoms with Gasteiger partial charge in [0.05, 0.1) is 0 Å². The molecule has 1 aromatic rings. The predicted molar refractivity (Wildman–Crippen MR) is 115 cm³/mol. The van der Waals surface area contributed by atoms with Gasteiger partial charge in [-0.3, -0.25) is 14.7 Å². The van der Waals surface area contributed by atoms with Crippen LogP contribution in [0.1, 0.15) is 53.0 Å². The lowest BCUT2D eigenvalue weighted by atomic mass is 10.2. The monoisotopic (exact) mass is 375 g/mol. The average Bonchev–Trinajstić information content (AvgIpc) is 2.61. The summed E-state index contributed by atoms with van der Waals surface area (Å²) in [7, 11) is 1.78. The number of nitrogens with zero attached hydrogens (tertiary/aromatic N) is 2. The third kappa shape index (κ3) is 8.91. The standard InChI is InChI=1S/C21H37N5O/c1-7-9-20(27)25-19-11-8-10-18(14-19)15-24-21(22-6)23-12-13-26(16(2)3)17(4)5/h8,10-11,14,16-17H,7,9,12-13,15H2,1-6H3,(H,25,27)(H2,22,23,24). The van der Waals surface area contributed by atoms with Crippen LogP contribution >= 0.6 is 0 Å². The van der Waals surface area contributed by atoms with Crippen LogP contribution in [0.25, 0.3) is 0 Å². The van der Waals surface area contributed by atoms with Crippen LogP contribution in [0, 0.1) is 0 Å². The topological polar surface area (TPSA) is 68.8 Å². The lowest BCUT2D eigenvalue weighted by molar-refractivity contribution is -0.116. The second kappa shape index (κ2) is 12.3. The van der Waals surface area contributed by atoms with E-state index in [0.29, 0.717) is 25.0 Å². The van der Waals surface area contributed by atoms with Gasteiger partial charge in [0, 0.05) is 50.9 Å². The summed E-state index contributed by atoms with van der Waals surface area (Å²) in [5.74, 6) is 0.836. The number of carbonyl (C=O) groups excluding carboxylic acids is 1. The Hall–Kier alpha value is -2.08. The summed E-state index contributed by atoms with van der Waals surface area (Å²) in [6, 6.07) is 8.94. The van der Waals surface area contributed by atoms with Crippen molar-refractivity contribution in [2.24, 2.45) is 4.99 Å². The fourth-order valence-electron chi connectivity index (χ4n) is 3.03. The Balaban J connectivity index is 2.49. The Kier molecular flexibility index (Phi) is 10.5. The smallest absolute Gasteiger partial charge is 0.224 e. The Morgan fingerprint density at radius 3 is 2.44 bits per heavy atom. The SMILES string of the molecule is CCCC(=O)Nc1cccc(CNC(=NC)NCCN(C(C)C)C(C)C)c1. The summed E-state index contributed by atoms with van der Waals surface area (Å²) in [6.07, 6.45) is 1.39. The molecule has 0 saturated heterocycles. The summed E-state index contributed by atoms with van der Waals surface area (Å²) in [5.41, 5.74) is 1.93. The molecule has 27 heavy (non-hydrogen) atoms. The van der Waals surface area contributed by atoms with Gasteiger partial charge in [0.15, 0.2) is 5.96 Å². The number of amides is 1. The zero-order valence-electron chi connectivity index (χ0n) is 17.8. The first kappa shape index (κ1) is 23.0. The van der Waals surface area contributed by atoms with Gasteiger partial charge < -0.3 is 16.0 Å². The number of nitrogens with one attached hydrogen (secondary N) is 3. The highest BCUT2D eigenvalue weighted by atomic mass is 16.1. The molecule has 152 valence electrons. The first-order chi connectivity index (χ1) is 12.9. The van der Waals surface area contributed by atoms with Gasteiger partial charge in [-0.1, -0.05) is 19.1 Å². The van der Waals surface area contributed by atoms with Crippen LogP contribution < -0.4 is 16.0 Å². The van der Waals surface area contributed by atoms with E-state index < -0.39 is 0 Å². The van der Waals surface area contributed by atoms with E-state index in [1.807, 2.05) is 31.2 Å². The van der Waals surface area contributed by atoms with Crippen molar-refractivity contribution in [2.45, 2.75) is 66.1 Å². The van der Waals surface area contributed by atoms with Gasteiger partial charge in [-0.2, -0.15) is 0 Å². The Morgan fingerprint density at radius 2 is 1.85 bits per heavy atom. The van der Waals surface area contributed by atoms with Crippen molar-refractivity contribution in [1.82, 2.24) is 15.5 Å². The highest BCUT2D eigenvalue weighted by molar-refractivity contribution is 5.90. The van der Waals surface area contributed by atoms with Crippen LogP contribution in [0.15, 0.2) is 29.3 Å². The maximum absolute atomic E-state index is 11.7. The molecule has 0 spiro atoms.